The van der Waals surface area contributed by atoms with E-state index < -0.39 is 23.7 Å². The van der Waals surface area contributed by atoms with Gasteiger partial charge >= 0.3 is 0 Å². The summed E-state index contributed by atoms with van der Waals surface area (Å²) >= 11 is 0. The number of hydrogen-bond donors (Lipinski definition) is 3. The second kappa shape index (κ2) is 7.77. The van der Waals surface area contributed by atoms with E-state index in [1.54, 1.807) is 4.90 Å². The fraction of sp³-hybridized carbons (Fsp3) is 0.304. The number of para-hydroxylation sites is 1. The first-order valence-electron chi connectivity index (χ1n) is 10.3. The molecule has 3 aromatic rings. The van der Waals surface area contributed by atoms with Crippen LogP contribution < -0.4 is 10.6 Å². The Balaban J connectivity index is 1.26. The van der Waals surface area contributed by atoms with E-state index >= 15 is 0 Å². The molecule has 3 heterocycles. The molecular weight excluding hydrogens is 402 g/mol. The van der Waals surface area contributed by atoms with Gasteiger partial charge in [-0.25, -0.2) is 8.78 Å². The molecule has 160 valence electrons. The van der Waals surface area contributed by atoms with Crippen LogP contribution in [0.5, 0.6) is 0 Å². The first-order valence-corrected chi connectivity index (χ1v) is 10.3. The van der Waals surface area contributed by atoms with E-state index in [2.05, 4.69) is 15.6 Å². The van der Waals surface area contributed by atoms with Crippen LogP contribution >= 0.6 is 0 Å². The van der Waals surface area contributed by atoms with Crippen LogP contribution in [0.25, 0.3) is 10.9 Å². The van der Waals surface area contributed by atoms with Gasteiger partial charge in [-0.15, -0.1) is 0 Å². The molecule has 2 aliphatic rings. The minimum atomic E-state index is -0.622. The number of fused-ring (bicyclic) bond motifs is 2. The molecule has 0 bridgehead atoms. The Hall–Kier alpha value is -3.26. The zero-order chi connectivity index (χ0) is 21.5. The molecular formula is C23H22F2N4O2. The molecule has 1 aromatic heterocycles. The summed E-state index contributed by atoms with van der Waals surface area (Å²) in [5.74, 6) is -1.51. The van der Waals surface area contributed by atoms with E-state index in [-0.39, 0.29) is 24.4 Å². The number of carbonyl (C=O) groups excluding carboxylic acids is 2. The van der Waals surface area contributed by atoms with Gasteiger partial charge in [0.2, 0.25) is 11.8 Å². The molecule has 0 aliphatic carbocycles. The number of aromatic nitrogens is 1. The molecule has 0 saturated carbocycles. The lowest BCUT2D eigenvalue weighted by atomic mass is 10.0. The maximum absolute atomic E-state index is 13.9. The highest BCUT2D eigenvalue weighted by atomic mass is 19.1. The molecule has 0 radical (unpaired) electrons. The quantitative estimate of drug-likeness (QED) is 0.588. The molecule has 2 aliphatic heterocycles. The predicted molar refractivity (Wildman–Crippen MR) is 111 cm³/mol. The largest absolute Gasteiger partial charge is 0.361 e. The van der Waals surface area contributed by atoms with Gasteiger partial charge in [0.1, 0.15) is 23.7 Å². The molecule has 2 amide bonds. The molecule has 6 nitrogen and oxygen atoms in total. The molecule has 8 heteroatoms. The Labute approximate surface area is 177 Å². The normalized spacial score (nSPS) is 23.3. The van der Waals surface area contributed by atoms with Gasteiger partial charge in [0.05, 0.1) is 0 Å². The highest BCUT2D eigenvalue weighted by Gasteiger charge is 2.46. The van der Waals surface area contributed by atoms with Crippen LogP contribution in [-0.2, 0) is 22.6 Å². The van der Waals surface area contributed by atoms with E-state index in [4.69, 9.17) is 0 Å². The number of carbonyl (C=O) groups is 2. The number of H-pyrrole nitrogens is 1. The third-order valence-corrected chi connectivity index (χ3v) is 6.20. The molecule has 3 N–H and O–H groups in total. The van der Waals surface area contributed by atoms with Crippen LogP contribution in [0.1, 0.15) is 17.5 Å². The molecule has 2 saturated heterocycles. The van der Waals surface area contributed by atoms with E-state index in [1.807, 2.05) is 30.5 Å². The van der Waals surface area contributed by atoms with Gasteiger partial charge in [0.15, 0.2) is 0 Å². The Kier molecular flexibility index (Phi) is 4.94. The van der Waals surface area contributed by atoms with Crippen molar-refractivity contribution in [3.05, 3.63) is 71.4 Å². The van der Waals surface area contributed by atoms with Gasteiger partial charge in [-0.1, -0.05) is 24.3 Å². The van der Waals surface area contributed by atoms with Crippen LogP contribution in [0.2, 0.25) is 0 Å². The predicted octanol–water partition coefficient (Wildman–Crippen LogP) is 2.25. The van der Waals surface area contributed by atoms with Gasteiger partial charge in [-0.3, -0.25) is 9.59 Å². The molecule has 0 unspecified atom stereocenters. The average Bonchev–Trinajstić information content (AvgIpc) is 3.36. The number of aromatic amines is 1. The lowest BCUT2D eigenvalue weighted by Crippen LogP contribution is -2.61. The summed E-state index contributed by atoms with van der Waals surface area (Å²) in [5, 5.41) is 7.11. The third kappa shape index (κ3) is 3.67. The van der Waals surface area contributed by atoms with Crippen LogP contribution in [0.4, 0.5) is 8.78 Å². The fourth-order valence-corrected chi connectivity index (χ4v) is 4.58. The lowest BCUT2D eigenvalue weighted by molar-refractivity contribution is -0.146. The van der Waals surface area contributed by atoms with Crippen LogP contribution in [0, 0.1) is 11.6 Å². The number of benzene rings is 2. The standard InChI is InChI=1S/C23H22F2N4O2/c24-15-6-5-13(18(25)8-15)10-26-16-9-21-22(30)28-20(23(31)29(21)12-16)7-14-11-27-19-4-2-1-3-17(14)19/h1-6,8,11,16,20-21,26-27H,7,9-10,12H2,(H,28,30)/t16-,20-,21-/m0/s1. The van der Waals surface area contributed by atoms with Gasteiger partial charge < -0.3 is 20.5 Å². The van der Waals surface area contributed by atoms with Crippen molar-refractivity contribution in [3.63, 3.8) is 0 Å². The summed E-state index contributed by atoms with van der Waals surface area (Å²) in [5.41, 5.74) is 2.32. The summed E-state index contributed by atoms with van der Waals surface area (Å²) < 4.78 is 27.0. The number of nitrogens with one attached hydrogen (secondary N) is 3. The van der Waals surface area contributed by atoms with Crippen LogP contribution in [0.15, 0.2) is 48.7 Å². The minimum Gasteiger partial charge on any atom is -0.361 e. The Morgan fingerprint density at radius 3 is 2.77 bits per heavy atom. The van der Waals surface area contributed by atoms with E-state index in [9.17, 15) is 18.4 Å². The number of hydrogen-bond acceptors (Lipinski definition) is 3. The Morgan fingerprint density at radius 2 is 1.94 bits per heavy atom. The van der Waals surface area contributed by atoms with Crippen molar-refractivity contribution in [2.45, 2.75) is 37.5 Å². The maximum Gasteiger partial charge on any atom is 0.246 e. The molecule has 0 spiro atoms. The maximum atomic E-state index is 13.9. The van der Waals surface area contributed by atoms with Crippen molar-refractivity contribution in [3.8, 4) is 0 Å². The number of piperazine rings is 1. The monoisotopic (exact) mass is 424 g/mol. The van der Waals surface area contributed by atoms with Gasteiger partial charge in [-0.05, 0) is 24.1 Å². The van der Waals surface area contributed by atoms with E-state index in [1.165, 1.54) is 12.1 Å². The van der Waals surface area contributed by atoms with Gasteiger partial charge in [0.25, 0.3) is 0 Å². The topological polar surface area (TPSA) is 77.2 Å². The second-order valence-electron chi connectivity index (χ2n) is 8.18. The van der Waals surface area contributed by atoms with Crippen molar-refractivity contribution in [1.29, 1.82) is 0 Å². The van der Waals surface area contributed by atoms with Crippen molar-refractivity contribution in [2.75, 3.05) is 6.54 Å². The number of nitrogens with zero attached hydrogens (tertiary/aromatic N) is 1. The lowest BCUT2D eigenvalue weighted by Gasteiger charge is -2.34. The third-order valence-electron chi connectivity index (χ3n) is 6.20. The van der Waals surface area contributed by atoms with Crippen LogP contribution in [-0.4, -0.2) is 46.4 Å². The average molecular weight is 424 g/mol. The summed E-state index contributed by atoms with van der Waals surface area (Å²) in [6, 6.07) is 10.0. The number of halogens is 2. The molecule has 3 atom stereocenters. The van der Waals surface area contributed by atoms with Crippen molar-refractivity contribution < 1.29 is 18.4 Å². The van der Waals surface area contributed by atoms with Gasteiger partial charge in [0, 0.05) is 54.3 Å². The van der Waals surface area contributed by atoms with E-state index in [0.29, 0.717) is 24.9 Å². The molecule has 2 aromatic carbocycles. The number of amides is 2. The highest BCUT2D eigenvalue weighted by molar-refractivity contribution is 5.98. The van der Waals surface area contributed by atoms with Gasteiger partial charge in [-0.2, -0.15) is 0 Å². The Bertz CT molecular complexity index is 1160. The minimum absolute atomic E-state index is 0.104. The smallest absolute Gasteiger partial charge is 0.246 e. The fourth-order valence-electron chi connectivity index (χ4n) is 4.58. The molecule has 31 heavy (non-hydrogen) atoms. The van der Waals surface area contributed by atoms with Crippen LogP contribution in [0.3, 0.4) is 0 Å². The SMILES string of the molecule is O=C1N[C@@H](Cc2c[nH]c3ccccc23)C(=O)N2C[C@@H](NCc3ccc(F)cc3F)C[C@@H]12. The summed E-state index contributed by atoms with van der Waals surface area (Å²) in [6.45, 7) is 0.579. The molecule has 2 fully saturated rings. The summed E-state index contributed by atoms with van der Waals surface area (Å²) in [7, 11) is 0. The molecule has 5 rings (SSSR count). The van der Waals surface area contributed by atoms with Crippen molar-refractivity contribution >= 4 is 22.7 Å². The Morgan fingerprint density at radius 1 is 1.10 bits per heavy atom. The first-order chi connectivity index (χ1) is 15.0. The zero-order valence-corrected chi connectivity index (χ0v) is 16.7. The zero-order valence-electron chi connectivity index (χ0n) is 16.7. The van der Waals surface area contributed by atoms with Crippen molar-refractivity contribution in [1.82, 2.24) is 20.5 Å². The highest BCUT2D eigenvalue weighted by Crippen LogP contribution is 2.26. The van der Waals surface area contributed by atoms with E-state index in [0.717, 1.165) is 22.5 Å². The number of rotatable bonds is 5. The second-order valence-corrected chi connectivity index (χ2v) is 8.18. The summed E-state index contributed by atoms with van der Waals surface area (Å²) in [4.78, 5) is 30.6. The van der Waals surface area contributed by atoms with Crippen molar-refractivity contribution in [2.24, 2.45) is 0 Å². The summed E-state index contributed by atoms with van der Waals surface area (Å²) in [6.07, 6.45) is 2.75. The first kappa shape index (κ1) is 19.7.